The number of hydrogen-bond donors (Lipinski definition) is 1. The van der Waals surface area contributed by atoms with Crippen LogP contribution in [0.1, 0.15) is 0 Å². The second kappa shape index (κ2) is 3.61. The van der Waals surface area contributed by atoms with Crippen molar-refractivity contribution in [3.8, 4) is 17.1 Å². The molecule has 82 valence electrons. The summed E-state index contributed by atoms with van der Waals surface area (Å²) >= 11 is 0. The molecule has 0 atom stereocenters. The van der Waals surface area contributed by atoms with Gasteiger partial charge in [0.1, 0.15) is 6.33 Å². The molecule has 7 nitrogen and oxygen atoms in total. The first kappa shape index (κ1) is 10.1. The van der Waals surface area contributed by atoms with Gasteiger partial charge in [-0.1, -0.05) is 6.07 Å². The van der Waals surface area contributed by atoms with Crippen molar-refractivity contribution < 1.29 is 10.0 Å². The van der Waals surface area contributed by atoms with E-state index in [0.29, 0.717) is 0 Å². The predicted octanol–water partition coefficient (Wildman–Crippen LogP) is 1.10. The fourth-order valence-corrected chi connectivity index (χ4v) is 1.32. The maximum atomic E-state index is 10.6. The van der Waals surface area contributed by atoms with Crippen LogP contribution in [0.3, 0.4) is 0 Å². The van der Waals surface area contributed by atoms with E-state index in [0.717, 1.165) is 0 Å². The van der Waals surface area contributed by atoms with E-state index in [1.165, 1.54) is 29.2 Å². The van der Waals surface area contributed by atoms with Crippen molar-refractivity contribution >= 4 is 5.69 Å². The summed E-state index contributed by atoms with van der Waals surface area (Å²) in [5.41, 5.74) is -0.111. The lowest BCUT2D eigenvalue weighted by molar-refractivity contribution is -0.385. The first-order chi connectivity index (χ1) is 7.59. The molecule has 0 aliphatic carbocycles. The Morgan fingerprint density at radius 2 is 2.25 bits per heavy atom. The molecule has 2 rings (SSSR count). The molecule has 1 heterocycles. The van der Waals surface area contributed by atoms with Gasteiger partial charge in [-0.2, -0.15) is 5.10 Å². The van der Waals surface area contributed by atoms with Crippen molar-refractivity contribution in [1.29, 1.82) is 0 Å². The van der Waals surface area contributed by atoms with Crippen LogP contribution in [-0.4, -0.2) is 24.8 Å². The molecular formula is C9H8N4O3. The van der Waals surface area contributed by atoms with Gasteiger partial charge in [-0.15, -0.1) is 0 Å². The molecule has 1 aromatic carbocycles. The third-order valence-corrected chi connectivity index (χ3v) is 2.05. The molecular weight excluding hydrogens is 212 g/mol. The highest BCUT2D eigenvalue weighted by atomic mass is 16.6. The maximum absolute atomic E-state index is 10.6. The standard InChI is InChI=1S/C9H8N4O3/c1-12-5-10-9(11-12)6-3-2-4-7(8(6)14)13(15)16/h2-5,14H,1H3. The zero-order chi connectivity index (χ0) is 11.7. The van der Waals surface area contributed by atoms with Crippen LogP contribution in [0.5, 0.6) is 5.75 Å². The molecule has 2 aromatic rings. The van der Waals surface area contributed by atoms with Crippen LogP contribution in [0.2, 0.25) is 0 Å². The first-order valence-electron chi connectivity index (χ1n) is 4.42. The maximum Gasteiger partial charge on any atom is 0.311 e. The topological polar surface area (TPSA) is 94.1 Å². The van der Waals surface area contributed by atoms with Crippen LogP contribution in [0, 0.1) is 10.1 Å². The van der Waals surface area contributed by atoms with E-state index in [9.17, 15) is 15.2 Å². The number of aromatic hydroxyl groups is 1. The molecule has 0 aliphatic rings. The second-order valence-corrected chi connectivity index (χ2v) is 3.17. The van der Waals surface area contributed by atoms with Gasteiger partial charge >= 0.3 is 5.69 Å². The van der Waals surface area contributed by atoms with Crippen molar-refractivity contribution in [2.24, 2.45) is 7.05 Å². The Labute approximate surface area is 90.1 Å². The van der Waals surface area contributed by atoms with Crippen molar-refractivity contribution in [1.82, 2.24) is 14.8 Å². The Hall–Kier alpha value is -2.44. The number of phenolic OH excluding ortho intramolecular Hbond substituents is 1. The van der Waals surface area contributed by atoms with E-state index in [1.54, 1.807) is 7.05 Å². The Morgan fingerprint density at radius 1 is 1.50 bits per heavy atom. The van der Waals surface area contributed by atoms with E-state index in [2.05, 4.69) is 10.1 Å². The minimum absolute atomic E-state index is 0.245. The minimum Gasteiger partial charge on any atom is -0.502 e. The van der Waals surface area contributed by atoms with Gasteiger partial charge in [-0.05, 0) is 6.07 Å². The number of hydrogen-bond acceptors (Lipinski definition) is 5. The van der Waals surface area contributed by atoms with Gasteiger partial charge in [0.15, 0.2) is 5.82 Å². The number of para-hydroxylation sites is 1. The lowest BCUT2D eigenvalue weighted by Crippen LogP contribution is -1.92. The fraction of sp³-hybridized carbons (Fsp3) is 0.111. The fourth-order valence-electron chi connectivity index (χ4n) is 1.32. The summed E-state index contributed by atoms with van der Waals surface area (Å²) < 4.78 is 1.45. The molecule has 7 heteroatoms. The molecule has 0 saturated carbocycles. The predicted molar refractivity (Wildman–Crippen MR) is 54.8 cm³/mol. The van der Waals surface area contributed by atoms with Crippen molar-refractivity contribution in [3.05, 3.63) is 34.6 Å². The molecule has 1 aromatic heterocycles. The molecule has 0 amide bonds. The first-order valence-corrected chi connectivity index (χ1v) is 4.42. The van der Waals surface area contributed by atoms with Crippen LogP contribution >= 0.6 is 0 Å². The normalized spacial score (nSPS) is 10.3. The number of phenols is 1. The van der Waals surface area contributed by atoms with E-state index in [1.807, 2.05) is 0 Å². The third kappa shape index (κ3) is 1.58. The summed E-state index contributed by atoms with van der Waals surface area (Å²) in [6.07, 6.45) is 1.45. The summed E-state index contributed by atoms with van der Waals surface area (Å²) in [7, 11) is 1.67. The van der Waals surface area contributed by atoms with E-state index in [-0.39, 0.29) is 17.1 Å². The zero-order valence-electron chi connectivity index (χ0n) is 8.36. The Kier molecular flexibility index (Phi) is 2.28. The van der Waals surface area contributed by atoms with E-state index >= 15 is 0 Å². The molecule has 0 bridgehead atoms. The van der Waals surface area contributed by atoms with Crippen LogP contribution < -0.4 is 0 Å². The molecule has 0 radical (unpaired) electrons. The highest BCUT2D eigenvalue weighted by Gasteiger charge is 2.19. The molecule has 0 fully saturated rings. The SMILES string of the molecule is Cn1cnc(-c2cccc([N+](=O)[O-])c2O)n1. The van der Waals surface area contributed by atoms with Crippen molar-refractivity contribution in [3.63, 3.8) is 0 Å². The van der Waals surface area contributed by atoms with Gasteiger partial charge in [0.2, 0.25) is 5.75 Å². The van der Waals surface area contributed by atoms with Crippen LogP contribution in [-0.2, 0) is 7.05 Å². The Morgan fingerprint density at radius 3 is 2.81 bits per heavy atom. The summed E-state index contributed by atoms with van der Waals surface area (Å²) in [6.45, 7) is 0. The number of nitro benzene ring substituents is 1. The van der Waals surface area contributed by atoms with Crippen LogP contribution in [0.15, 0.2) is 24.5 Å². The molecule has 0 aliphatic heterocycles. The second-order valence-electron chi connectivity index (χ2n) is 3.17. The average Bonchev–Trinajstić information content (AvgIpc) is 2.64. The number of aryl methyl sites for hydroxylation is 1. The van der Waals surface area contributed by atoms with Crippen LogP contribution in [0.4, 0.5) is 5.69 Å². The van der Waals surface area contributed by atoms with Gasteiger partial charge in [-0.25, -0.2) is 4.98 Å². The number of benzene rings is 1. The van der Waals surface area contributed by atoms with Crippen LogP contribution in [0.25, 0.3) is 11.4 Å². The molecule has 0 unspecified atom stereocenters. The Balaban J connectivity index is 2.58. The van der Waals surface area contributed by atoms with Crippen molar-refractivity contribution in [2.75, 3.05) is 0 Å². The van der Waals surface area contributed by atoms with E-state index in [4.69, 9.17) is 0 Å². The highest BCUT2D eigenvalue weighted by molar-refractivity contribution is 5.69. The minimum atomic E-state index is -0.651. The largest absolute Gasteiger partial charge is 0.502 e. The van der Waals surface area contributed by atoms with Crippen molar-refractivity contribution in [2.45, 2.75) is 0 Å². The summed E-state index contributed by atoms with van der Waals surface area (Å²) in [5.74, 6) is -0.164. The van der Waals surface area contributed by atoms with Gasteiger partial charge in [0, 0.05) is 13.1 Å². The lowest BCUT2D eigenvalue weighted by Gasteiger charge is -2.00. The lowest BCUT2D eigenvalue weighted by atomic mass is 10.1. The van der Waals surface area contributed by atoms with Gasteiger partial charge in [0.05, 0.1) is 10.5 Å². The molecule has 0 spiro atoms. The number of nitro groups is 1. The van der Waals surface area contributed by atoms with E-state index < -0.39 is 10.7 Å². The summed E-state index contributed by atoms with van der Waals surface area (Å²) in [5, 5.41) is 24.3. The molecule has 0 saturated heterocycles. The quantitative estimate of drug-likeness (QED) is 0.604. The third-order valence-electron chi connectivity index (χ3n) is 2.05. The number of nitrogens with zero attached hydrogens (tertiary/aromatic N) is 4. The highest BCUT2D eigenvalue weighted by Crippen LogP contribution is 2.34. The summed E-state index contributed by atoms with van der Waals surface area (Å²) in [6, 6.07) is 4.23. The molecule has 1 N–H and O–H groups in total. The summed E-state index contributed by atoms with van der Waals surface area (Å²) in [4.78, 5) is 13.9. The molecule has 16 heavy (non-hydrogen) atoms. The smallest absolute Gasteiger partial charge is 0.311 e. The zero-order valence-corrected chi connectivity index (χ0v) is 8.36. The Bertz CT molecular complexity index is 549. The average molecular weight is 220 g/mol. The van der Waals surface area contributed by atoms with Gasteiger partial charge in [0.25, 0.3) is 0 Å². The number of rotatable bonds is 2. The number of aromatic nitrogens is 3. The monoisotopic (exact) mass is 220 g/mol. The van der Waals surface area contributed by atoms with Gasteiger partial charge in [-0.3, -0.25) is 14.8 Å². The van der Waals surface area contributed by atoms with Gasteiger partial charge < -0.3 is 5.11 Å².